The number of aryl methyl sites for hydroxylation is 1. The summed E-state index contributed by atoms with van der Waals surface area (Å²) in [6, 6.07) is 10.5. The van der Waals surface area contributed by atoms with Crippen LogP contribution >= 0.6 is 0 Å². The van der Waals surface area contributed by atoms with E-state index < -0.39 is 0 Å². The van der Waals surface area contributed by atoms with Crippen LogP contribution in [0.25, 0.3) is 0 Å². The summed E-state index contributed by atoms with van der Waals surface area (Å²) in [5.74, 6) is 2.48. The molecule has 3 saturated carbocycles. The second-order valence-corrected chi connectivity index (χ2v) is 10.3. The van der Waals surface area contributed by atoms with Gasteiger partial charge in [-0.05, 0) is 79.9 Å². The van der Waals surface area contributed by atoms with Gasteiger partial charge in [0.05, 0.1) is 0 Å². The molecule has 0 spiro atoms. The predicted octanol–water partition coefficient (Wildman–Crippen LogP) is 5.87. The minimum Gasteiger partial charge on any atom is -0.299 e. The number of Topliss-reactive ketones (excluding diaryl/α,β-unsaturated/α-hetero) is 1. The molecule has 0 bridgehead atoms. The highest BCUT2D eigenvalue weighted by molar-refractivity contribution is 6.05. The van der Waals surface area contributed by atoms with E-state index in [1.165, 1.54) is 11.1 Å². The molecule has 3 fully saturated rings. The Bertz CT molecular complexity index is 908. The molecule has 4 aliphatic carbocycles. The number of hydrogen-bond acceptors (Lipinski definition) is 2. The number of rotatable bonds is 3. The first-order valence-corrected chi connectivity index (χ1v) is 11.5. The standard InChI is InChI=1S/C27H32O2/c1-26-15-14-23-21(22(26)12-13-25(26)29)11-10-20-16-24(28)19(17-27(20,23)2)9-8-18-6-4-3-5-7-18/h3-7,16-17,21-23H,8-15H2,1-2H3/t21-,22-,23-,26-,27-/m0/s1. The molecule has 0 N–H and O–H groups in total. The van der Waals surface area contributed by atoms with Gasteiger partial charge < -0.3 is 0 Å². The average Bonchev–Trinajstić information content (AvgIpc) is 3.02. The summed E-state index contributed by atoms with van der Waals surface area (Å²) in [4.78, 5) is 25.5. The Morgan fingerprint density at radius 2 is 1.72 bits per heavy atom. The topological polar surface area (TPSA) is 34.1 Å². The minimum atomic E-state index is -0.0803. The summed E-state index contributed by atoms with van der Waals surface area (Å²) >= 11 is 0. The van der Waals surface area contributed by atoms with Crippen molar-refractivity contribution in [1.29, 1.82) is 0 Å². The molecule has 0 aromatic heterocycles. The van der Waals surface area contributed by atoms with E-state index >= 15 is 0 Å². The highest BCUT2D eigenvalue weighted by atomic mass is 16.1. The summed E-state index contributed by atoms with van der Waals surface area (Å²) in [5, 5.41) is 0. The summed E-state index contributed by atoms with van der Waals surface area (Å²) < 4.78 is 0. The van der Waals surface area contributed by atoms with Crippen LogP contribution in [-0.2, 0) is 16.0 Å². The van der Waals surface area contributed by atoms with Gasteiger partial charge in [0.15, 0.2) is 5.78 Å². The fraction of sp³-hybridized carbons (Fsp3) is 0.556. The SMILES string of the molecule is C[C@]12C=C(CCc3ccccc3)C(=O)C=C1CC[C@@H]1[C@@H]2CC[C@]2(C)C(=O)CC[C@@H]12. The Labute approximate surface area is 174 Å². The molecule has 1 aromatic carbocycles. The lowest BCUT2D eigenvalue weighted by Gasteiger charge is -2.55. The van der Waals surface area contributed by atoms with Crippen LogP contribution in [0.5, 0.6) is 0 Å². The van der Waals surface area contributed by atoms with Crippen molar-refractivity contribution in [3.05, 3.63) is 59.2 Å². The van der Waals surface area contributed by atoms with Crippen LogP contribution in [0.4, 0.5) is 0 Å². The third-order valence-electron chi connectivity index (χ3n) is 8.98. The van der Waals surface area contributed by atoms with Gasteiger partial charge in [0.1, 0.15) is 5.78 Å². The summed E-state index contributed by atoms with van der Waals surface area (Å²) in [7, 11) is 0. The first kappa shape index (κ1) is 19.0. The van der Waals surface area contributed by atoms with Crippen molar-refractivity contribution in [3.63, 3.8) is 0 Å². The third-order valence-corrected chi connectivity index (χ3v) is 8.98. The number of ketones is 2. The van der Waals surface area contributed by atoms with Gasteiger partial charge in [-0.2, -0.15) is 0 Å². The Hall–Kier alpha value is -1.96. The van der Waals surface area contributed by atoms with Crippen molar-refractivity contribution < 1.29 is 9.59 Å². The maximum atomic E-state index is 12.9. The molecule has 0 amide bonds. The molecule has 0 saturated heterocycles. The normalized spacial score (nSPS) is 38.6. The lowest BCUT2D eigenvalue weighted by Crippen LogP contribution is -2.50. The van der Waals surface area contributed by atoms with E-state index in [0.29, 0.717) is 23.5 Å². The fourth-order valence-electron chi connectivity index (χ4n) is 7.27. The molecule has 2 nitrogen and oxygen atoms in total. The second-order valence-electron chi connectivity index (χ2n) is 10.3. The van der Waals surface area contributed by atoms with E-state index in [4.69, 9.17) is 0 Å². The molecular weight excluding hydrogens is 356 g/mol. The van der Waals surface area contributed by atoms with E-state index in [1.54, 1.807) is 0 Å². The average molecular weight is 389 g/mol. The molecule has 1 aromatic rings. The second kappa shape index (κ2) is 6.79. The molecule has 2 heteroatoms. The maximum absolute atomic E-state index is 12.9. The van der Waals surface area contributed by atoms with E-state index in [1.807, 2.05) is 12.1 Å². The van der Waals surface area contributed by atoms with Gasteiger partial charge in [-0.3, -0.25) is 9.59 Å². The van der Waals surface area contributed by atoms with Gasteiger partial charge in [0, 0.05) is 17.3 Å². The van der Waals surface area contributed by atoms with E-state index in [-0.39, 0.29) is 16.6 Å². The van der Waals surface area contributed by atoms with Gasteiger partial charge >= 0.3 is 0 Å². The van der Waals surface area contributed by atoms with Crippen molar-refractivity contribution in [2.24, 2.45) is 28.6 Å². The largest absolute Gasteiger partial charge is 0.299 e. The molecular formula is C27H32O2. The molecule has 0 unspecified atom stereocenters. The summed E-state index contributed by atoms with van der Waals surface area (Å²) in [6.45, 7) is 4.62. The van der Waals surface area contributed by atoms with Crippen LogP contribution in [0.1, 0.15) is 64.4 Å². The predicted molar refractivity (Wildman–Crippen MR) is 115 cm³/mol. The van der Waals surface area contributed by atoms with Crippen molar-refractivity contribution in [2.45, 2.75) is 65.2 Å². The third kappa shape index (κ3) is 2.90. The van der Waals surface area contributed by atoms with Crippen molar-refractivity contribution in [1.82, 2.24) is 0 Å². The van der Waals surface area contributed by atoms with Gasteiger partial charge in [-0.1, -0.05) is 55.8 Å². The Morgan fingerprint density at radius 1 is 0.931 bits per heavy atom. The van der Waals surface area contributed by atoms with Crippen LogP contribution in [0.15, 0.2) is 53.6 Å². The van der Waals surface area contributed by atoms with Gasteiger partial charge in [-0.25, -0.2) is 0 Å². The summed E-state index contributed by atoms with van der Waals surface area (Å²) in [6.07, 6.45) is 12.2. The smallest absolute Gasteiger partial charge is 0.181 e. The Balaban J connectivity index is 1.43. The van der Waals surface area contributed by atoms with E-state index in [9.17, 15) is 9.59 Å². The number of benzene rings is 1. The lowest BCUT2D eigenvalue weighted by molar-refractivity contribution is -0.131. The molecule has 5 atom stereocenters. The molecule has 0 aliphatic heterocycles. The number of carbonyl (C=O) groups excluding carboxylic acids is 2. The first-order valence-electron chi connectivity index (χ1n) is 11.5. The van der Waals surface area contributed by atoms with Gasteiger partial charge in [0.2, 0.25) is 0 Å². The van der Waals surface area contributed by atoms with E-state index in [0.717, 1.165) is 56.9 Å². The van der Waals surface area contributed by atoms with Gasteiger partial charge in [-0.15, -0.1) is 0 Å². The lowest BCUT2D eigenvalue weighted by atomic mass is 9.48. The number of hydrogen-bond donors (Lipinski definition) is 0. The molecule has 0 radical (unpaired) electrons. The highest BCUT2D eigenvalue weighted by Gasteiger charge is 2.58. The fourth-order valence-corrected chi connectivity index (χ4v) is 7.27. The monoisotopic (exact) mass is 388 g/mol. The quantitative estimate of drug-likeness (QED) is 0.649. The number of allylic oxidation sites excluding steroid dienone is 4. The van der Waals surface area contributed by atoms with Crippen LogP contribution in [0, 0.1) is 28.6 Å². The van der Waals surface area contributed by atoms with Crippen molar-refractivity contribution in [3.8, 4) is 0 Å². The molecule has 4 aliphatic rings. The zero-order valence-electron chi connectivity index (χ0n) is 17.7. The Morgan fingerprint density at radius 3 is 2.52 bits per heavy atom. The highest BCUT2D eigenvalue weighted by Crippen LogP contribution is 2.63. The van der Waals surface area contributed by atoms with Crippen LogP contribution < -0.4 is 0 Å². The van der Waals surface area contributed by atoms with Crippen molar-refractivity contribution in [2.75, 3.05) is 0 Å². The zero-order valence-corrected chi connectivity index (χ0v) is 17.7. The summed E-state index contributed by atoms with van der Waals surface area (Å²) in [5.41, 5.74) is 3.55. The van der Waals surface area contributed by atoms with Crippen molar-refractivity contribution >= 4 is 11.6 Å². The first-order chi connectivity index (χ1) is 13.9. The molecule has 152 valence electrons. The number of carbonyl (C=O) groups is 2. The van der Waals surface area contributed by atoms with E-state index in [2.05, 4.69) is 44.2 Å². The Kier molecular flexibility index (Phi) is 4.46. The van der Waals surface area contributed by atoms with Crippen LogP contribution in [-0.4, -0.2) is 11.6 Å². The maximum Gasteiger partial charge on any atom is 0.181 e. The van der Waals surface area contributed by atoms with Crippen LogP contribution in [0.2, 0.25) is 0 Å². The van der Waals surface area contributed by atoms with Gasteiger partial charge in [0.25, 0.3) is 0 Å². The zero-order chi connectivity index (χ0) is 20.2. The molecule has 29 heavy (non-hydrogen) atoms. The van der Waals surface area contributed by atoms with Crippen LogP contribution in [0.3, 0.4) is 0 Å². The molecule has 0 heterocycles. The number of fused-ring (bicyclic) bond motifs is 5. The molecule has 5 rings (SSSR count). The minimum absolute atomic E-state index is 0.00415.